The van der Waals surface area contributed by atoms with Crippen LogP contribution in [0.1, 0.15) is 10.4 Å². The lowest BCUT2D eigenvalue weighted by Gasteiger charge is -2.10. The van der Waals surface area contributed by atoms with Crippen molar-refractivity contribution in [3.63, 3.8) is 0 Å². The predicted octanol–water partition coefficient (Wildman–Crippen LogP) is 7.18. The summed E-state index contributed by atoms with van der Waals surface area (Å²) in [6.45, 7) is 0. The zero-order valence-corrected chi connectivity index (χ0v) is 19.0. The van der Waals surface area contributed by atoms with E-state index in [1.54, 1.807) is 18.2 Å². The number of nitrogens with zero attached hydrogens (tertiary/aromatic N) is 2. The number of pyridine rings is 1. The summed E-state index contributed by atoms with van der Waals surface area (Å²) in [5.41, 5.74) is 4.34. The Balaban J connectivity index is 1.50. The van der Waals surface area contributed by atoms with Crippen molar-refractivity contribution in [3.05, 3.63) is 100 Å². The molecule has 2 heterocycles. The van der Waals surface area contributed by atoms with Crippen LogP contribution in [0.2, 0.25) is 0 Å². The van der Waals surface area contributed by atoms with Crippen LogP contribution in [0.4, 0.5) is 9.52 Å². The van der Waals surface area contributed by atoms with Crippen molar-refractivity contribution in [2.75, 3.05) is 5.32 Å². The summed E-state index contributed by atoms with van der Waals surface area (Å²) < 4.78 is 14.1. The van der Waals surface area contributed by atoms with Crippen molar-refractivity contribution in [1.82, 2.24) is 9.97 Å². The highest BCUT2D eigenvalue weighted by Gasteiger charge is 2.16. The molecule has 0 bridgehead atoms. The van der Waals surface area contributed by atoms with Gasteiger partial charge in [-0.05, 0) is 48.5 Å². The third-order valence-corrected chi connectivity index (χ3v) is 6.20. The highest BCUT2D eigenvalue weighted by Crippen LogP contribution is 2.29. The minimum Gasteiger partial charge on any atom is -0.298 e. The number of para-hydroxylation sites is 1. The van der Waals surface area contributed by atoms with Crippen molar-refractivity contribution in [3.8, 4) is 22.5 Å². The molecule has 0 saturated heterocycles. The molecule has 0 aliphatic heterocycles. The molecule has 32 heavy (non-hydrogen) atoms. The maximum atomic E-state index is 13.2. The Bertz CT molecular complexity index is 1450. The Morgan fingerprint density at radius 3 is 2.50 bits per heavy atom. The molecule has 4 nitrogen and oxygen atoms in total. The Kier molecular flexibility index (Phi) is 5.51. The van der Waals surface area contributed by atoms with Gasteiger partial charge in [-0.2, -0.15) is 0 Å². The topological polar surface area (TPSA) is 54.9 Å². The predicted molar refractivity (Wildman–Crippen MR) is 130 cm³/mol. The SMILES string of the molecule is O=C(Nc1nc(-c2ccc(F)cc2)cs1)c1cc(-c2cccc(Br)c2)nc2ccccc12. The Hall–Kier alpha value is -3.42. The van der Waals surface area contributed by atoms with Crippen LogP contribution in [0, 0.1) is 5.82 Å². The van der Waals surface area contributed by atoms with Crippen LogP contribution in [0.5, 0.6) is 0 Å². The van der Waals surface area contributed by atoms with E-state index in [1.807, 2.05) is 53.9 Å². The first-order chi connectivity index (χ1) is 15.6. The molecule has 0 saturated carbocycles. The van der Waals surface area contributed by atoms with Crippen molar-refractivity contribution in [2.24, 2.45) is 0 Å². The van der Waals surface area contributed by atoms with Gasteiger partial charge in [-0.3, -0.25) is 10.1 Å². The highest BCUT2D eigenvalue weighted by atomic mass is 79.9. The number of anilines is 1. The van der Waals surface area contributed by atoms with Gasteiger partial charge in [0.25, 0.3) is 5.91 Å². The van der Waals surface area contributed by atoms with Crippen molar-refractivity contribution in [1.29, 1.82) is 0 Å². The lowest BCUT2D eigenvalue weighted by molar-refractivity contribution is 0.102. The molecule has 0 radical (unpaired) electrons. The number of hydrogen-bond acceptors (Lipinski definition) is 4. The molecule has 5 aromatic rings. The van der Waals surface area contributed by atoms with E-state index in [4.69, 9.17) is 4.98 Å². The largest absolute Gasteiger partial charge is 0.298 e. The van der Waals surface area contributed by atoms with Gasteiger partial charge in [-0.25, -0.2) is 14.4 Å². The van der Waals surface area contributed by atoms with E-state index in [0.29, 0.717) is 22.1 Å². The zero-order chi connectivity index (χ0) is 22.1. The minimum atomic E-state index is -0.302. The Labute approximate surface area is 195 Å². The van der Waals surface area contributed by atoms with Crippen LogP contribution in [0.25, 0.3) is 33.4 Å². The fraction of sp³-hybridized carbons (Fsp3) is 0. The molecular weight excluding hydrogens is 489 g/mol. The molecule has 0 aliphatic carbocycles. The van der Waals surface area contributed by atoms with E-state index in [9.17, 15) is 9.18 Å². The van der Waals surface area contributed by atoms with Gasteiger partial charge in [-0.1, -0.05) is 46.3 Å². The minimum absolute atomic E-state index is 0.264. The van der Waals surface area contributed by atoms with Crippen molar-refractivity contribution < 1.29 is 9.18 Å². The maximum Gasteiger partial charge on any atom is 0.258 e. The molecule has 3 aromatic carbocycles. The van der Waals surface area contributed by atoms with Gasteiger partial charge in [-0.15, -0.1) is 11.3 Å². The molecular formula is C25H15BrFN3OS. The molecule has 7 heteroatoms. The summed E-state index contributed by atoms with van der Waals surface area (Å²) in [5.74, 6) is -0.567. The summed E-state index contributed by atoms with van der Waals surface area (Å²) in [7, 11) is 0. The second kappa shape index (κ2) is 8.61. The Morgan fingerprint density at radius 2 is 1.69 bits per heavy atom. The second-order valence-electron chi connectivity index (χ2n) is 7.08. The lowest BCUT2D eigenvalue weighted by Crippen LogP contribution is -2.13. The summed E-state index contributed by atoms with van der Waals surface area (Å²) >= 11 is 4.81. The molecule has 2 aromatic heterocycles. The van der Waals surface area contributed by atoms with E-state index in [2.05, 4.69) is 26.2 Å². The molecule has 1 amide bonds. The number of thiazole rings is 1. The third kappa shape index (κ3) is 4.17. The second-order valence-corrected chi connectivity index (χ2v) is 8.86. The maximum absolute atomic E-state index is 13.2. The number of aromatic nitrogens is 2. The van der Waals surface area contributed by atoms with Gasteiger partial charge < -0.3 is 0 Å². The molecule has 0 fully saturated rings. The smallest absolute Gasteiger partial charge is 0.258 e. The average molecular weight is 504 g/mol. The first kappa shape index (κ1) is 20.5. The van der Waals surface area contributed by atoms with Crippen molar-refractivity contribution >= 4 is 49.2 Å². The lowest BCUT2D eigenvalue weighted by atomic mass is 10.0. The molecule has 1 N–H and O–H groups in total. The summed E-state index contributed by atoms with van der Waals surface area (Å²) in [6, 6.07) is 23.3. The van der Waals surface area contributed by atoms with E-state index < -0.39 is 0 Å². The van der Waals surface area contributed by atoms with Crippen LogP contribution < -0.4 is 5.32 Å². The first-order valence-corrected chi connectivity index (χ1v) is 11.4. The van der Waals surface area contributed by atoms with E-state index >= 15 is 0 Å². The fourth-order valence-corrected chi connectivity index (χ4v) is 4.52. The number of halogens is 2. The van der Waals surface area contributed by atoms with Crippen LogP contribution >= 0.6 is 27.3 Å². The van der Waals surface area contributed by atoms with Crippen molar-refractivity contribution in [2.45, 2.75) is 0 Å². The zero-order valence-electron chi connectivity index (χ0n) is 16.5. The highest BCUT2D eigenvalue weighted by molar-refractivity contribution is 9.10. The number of amides is 1. The van der Waals surface area contributed by atoms with Crippen LogP contribution in [0.15, 0.2) is 88.7 Å². The van der Waals surface area contributed by atoms with Crippen LogP contribution in [0.3, 0.4) is 0 Å². The first-order valence-electron chi connectivity index (χ1n) is 9.75. The number of rotatable bonds is 4. The van der Waals surface area contributed by atoms with Gasteiger partial charge in [0, 0.05) is 26.4 Å². The van der Waals surface area contributed by atoms with Gasteiger partial charge in [0.05, 0.1) is 22.5 Å². The third-order valence-electron chi connectivity index (χ3n) is 4.95. The fourth-order valence-electron chi connectivity index (χ4n) is 3.41. The standard InChI is InChI=1S/C25H15BrFN3OS/c26-17-5-3-4-16(12-17)22-13-20(19-6-1-2-7-21(19)28-22)24(31)30-25-29-23(14-32-25)15-8-10-18(27)11-9-15/h1-14H,(H,29,30,31). The number of benzene rings is 3. The molecule has 156 valence electrons. The van der Waals surface area contributed by atoms with E-state index in [1.165, 1.54) is 23.5 Å². The Morgan fingerprint density at radius 1 is 0.875 bits per heavy atom. The number of carbonyl (C=O) groups is 1. The van der Waals surface area contributed by atoms with E-state index in [-0.39, 0.29) is 11.7 Å². The van der Waals surface area contributed by atoms with E-state index in [0.717, 1.165) is 26.5 Å². The summed E-state index contributed by atoms with van der Waals surface area (Å²) in [6.07, 6.45) is 0. The van der Waals surface area contributed by atoms with Crippen LogP contribution in [-0.4, -0.2) is 15.9 Å². The number of hydrogen-bond donors (Lipinski definition) is 1. The van der Waals surface area contributed by atoms with Gasteiger partial charge >= 0.3 is 0 Å². The number of nitrogens with one attached hydrogen (secondary N) is 1. The molecule has 0 spiro atoms. The normalized spacial score (nSPS) is 10.9. The van der Waals surface area contributed by atoms with Gasteiger partial charge in [0.2, 0.25) is 0 Å². The number of carbonyl (C=O) groups excluding carboxylic acids is 1. The molecule has 0 aliphatic rings. The van der Waals surface area contributed by atoms with Gasteiger partial charge in [0.1, 0.15) is 5.82 Å². The quantitative estimate of drug-likeness (QED) is 0.282. The van der Waals surface area contributed by atoms with Gasteiger partial charge in [0.15, 0.2) is 5.13 Å². The summed E-state index contributed by atoms with van der Waals surface area (Å²) in [5, 5.41) is 5.97. The summed E-state index contributed by atoms with van der Waals surface area (Å²) in [4.78, 5) is 22.5. The molecule has 0 atom stereocenters. The average Bonchev–Trinajstić information content (AvgIpc) is 3.27. The molecule has 5 rings (SSSR count). The molecule has 0 unspecified atom stereocenters. The van der Waals surface area contributed by atoms with Crippen LogP contribution in [-0.2, 0) is 0 Å². The number of fused-ring (bicyclic) bond motifs is 1. The monoisotopic (exact) mass is 503 g/mol.